The topological polar surface area (TPSA) is 86.7 Å². The fourth-order valence-electron chi connectivity index (χ4n) is 3.02. The van der Waals surface area contributed by atoms with Crippen molar-refractivity contribution in [1.82, 2.24) is 10.2 Å². The molecule has 2 aromatic carbocycles. The number of nitrogens with zero attached hydrogens (tertiary/aromatic N) is 1. The van der Waals surface area contributed by atoms with Gasteiger partial charge in [-0.1, -0.05) is 50.1 Å². The average molecular weight is 496 g/mol. The van der Waals surface area contributed by atoms with Gasteiger partial charge >= 0.3 is 5.97 Å². The monoisotopic (exact) mass is 494 g/mol. The Morgan fingerprint density at radius 1 is 1.15 bits per heavy atom. The Morgan fingerprint density at radius 3 is 2.44 bits per heavy atom. The second-order valence-electron chi connectivity index (χ2n) is 6.26. The molecule has 1 heterocycles. The van der Waals surface area contributed by atoms with Crippen LogP contribution in [0, 0.1) is 0 Å². The van der Waals surface area contributed by atoms with Crippen LogP contribution in [0.3, 0.4) is 0 Å². The van der Waals surface area contributed by atoms with Gasteiger partial charge in [-0.25, -0.2) is 4.79 Å². The molecule has 0 spiro atoms. The van der Waals surface area contributed by atoms with Crippen LogP contribution in [0.5, 0.6) is 0 Å². The molecule has 2 N–H and O–H groups in total. The predicted molar refractivity (Wildman–Crippen MR) is 106 cm³/mol. The quantitative estimate of drug-likeness (QED) is 0.645. The van der Waals surface area contributed by atoms with E-state index in [0.29, 0.717) is 12.1 Å². The van der Waals surface area contributed by atoms with Gasteiger partial charge in [0, 0.05) is 27.5 Å². The van der Waals surface area contributed by atoms with E-state index in [2.05, 4.69) is 37.2 Å². The summed E-state index contributed by atoms with van der Waals surface area (Å²) < 4.78 is 1.62. The van der Waals surface area contributed by atoms with E-state index in [0.717, 1.165) is 20.1 Å². The van der Waals surface area contributed by atoms with Gasteiger partial charge in [0.05, 0.1) is 0 Å². The van der Waals surface area contributed by atoms with Crippen molar-refractivity contribution in [2.45, 2.75) is 19.0 Å². The predicted octanol–water partition coefficient (Wildman–Crippen LogP) is 2.98. The van der Waals surface area contributed by atoms with Gasteiger partial charge in [0.1, 0.15) is 12.6 Å². The number of benzene rings is 2. The third kappa shape index (κ3) is 4.75. The van der Waals surface area contributed by atoms with Crippen molar-refractivity contribution in [1.29, 1.82) is 0 Å². The summed E-state index contributed by atoms with van der Waals surface area (Å²) in [6, 6.07) is 11.5. The minimum atomic E-state index is -1.13. The Labute approximate surface area is 172 Å². The van der Waals surface area contributed by atoms with Crippen molar-refractivity contribution in [2.75, 3.05) is 6.54 Å². The van der Waals surface area contributed by atoms with Crippen LogP contribution >= 0.6 is 31.9 Å². The Bertz CT molecular complexity index is 896. The third-order valence-electron chi connectivity index (χ3n) is 4.23. The number of carboxylic acid groups (broad SMARTS) is 1. The number of halogens is 2. The molecule has 1 aliphatic heterocycles. The average Bonchev–Trinajstić information content (AvgIpc) is 2.89. The zero-order valence-corrected chi connectivity index (χ0v) is 17.3. The molecule has 1 unspecified atom stereocenters. The highest BCUT2D eigenvalue weighted by Gasteiger charge is 2.29. The van der Waals surface area contributed by atoms with Crippen molar-refractivity contribution < 1.29 is 19.5 Å². The van der Waals surface area contributed by atoms with Gasteiger partial charge in [0.2, 0.25) is 5.91 Å². The minimum Gasteiger partial charge on any atom is -0.480 e. The molecule has 8 heteroatoms. The zero-order chi connectivity index (χ0) is 19.6. The van der Waals surface area contributed by atoms with Gasteiger partial charge in [0.15, 0.2) is 0 Å². The van der Waals surface area contributed by atoms with Crippen LogP contribution in [0.15, 0.2) is 51.4 Å². The SMILES string of the molecule is O=C(CN1Cc2ccccc2C1=O)NC(Cc1cc(Br)cc(Br)c1)C(=O)O. The van der Waals surface area contributed by atoms with Gasteiger partial charge in [-0.15, -0.1) is 0 Å². The lowest BCUT2D eigenvalue weighted by molar-refractivity contribution is -0.141. The molecule has 3 rings (SSSR count). The minimum absolute atomic E-state index is 0.132. The molecule has 140 valence electrons. The molecule has 0 aliphatic carbocycles. The van der Waals surface area contributed by atoms with Crippen molar-refractivity contribution >= 4 is 49.6 Å². The van der Waals surface area contributed by atoms with E-state index in [9.17, 15) is 19.5 Å². The lowest BCUT2D eigenvalue weighted by Gasteiger charge is -2.19. The summed E-state index contributed by atoms with van der Waals surface area (Å²) in [7, 11) is 0. The Kier molecular flexibility index (Phi) is 5.96. The Balaban J connectivity index is 1.64. The summed E-state index contributed by atoms with van der Waals surface area (Å²) in [6.45, 7) is 0.165. The first-order valence-electron chi connectivity index (χ1n) is 8.18. The van der Waals surface area contributed by atoms with Crippen molar-refractivity contribution in [3.8, 4) is 0 Å². The third-order valence-corrected chi connectivity index (χ3v) is 5.14. The number of amides is 2. The number of fused-ring (bicyclic) bond motifs is 1. The van der Waals surface area contributed by atoms with Crippen LogP contribution < -0.4 is 5.32 Å². The number of hydrogen-bond acceptors (Lipinski definition) is 3. The summed E-state index contributed by atoms with van der Waals surface area (Å²) in [5, 5.41) is 12.0. The number of carbonyl (C=O) groups excluding carboxylic acids is 2. The number of carbonyl (C=O) groups is 3. The maximum atomic E-state index is 12.3. The molecular weight excluding hydrogens is 480 g/mol. The van der Waals surface area contributed by atoms with E-state index in [-0.39, 0.29) is 18.9 Å². The smallest absolute Gasteiger partial charge is 0.326 e. The summed E-state index contributed by atoms with van der Waals surface area (Å²) in [5.74, 6) is -1.85. The van der Waals surface area contributed by atoms with Gasteiger partial charge in [0.25, 0.3) is 5.91 Å². The van der Waals surface area contributed by atoms with E-state index < -0.39 is 17.9 Å². The number of aliphatic carboxylic acids is 1. The second kappa shape index (κ2) is 8.22. The van der Waals surface area contributed by atoms with Crippen molar-refractivity contribution in [3.63, 3.8) is 0 Å². The summed E-state index contributed by atoms with van der Waals surface area (Å²) in [4.78, 5) is 37.7. The zero-order valence-electron chi connectivity index (χ0n) is 14.1. The van der Waals surface area contributed by atoms with Crippen LogP contribution in [-0.4, -0.2) is 40.4 Å². The van der Waals surface area contributed by atoms with Gasteiger partial charge in [-0.05, 0) is 35.4 Å². The molecule has 1 atom stereocenters. The maximum absolute atomic E-state index is 12.3. The summed E-state index contributed by atoms with van der Waals surface area (Å²) in [5.41, 5.74) is 2.21. The normalized spacial score (nSPS) is 14.0. The maximum Gasteiger partial charge on any atom is 0.326 e. The highest BCUT2D eigenvalue weighted by Crippen LogP contribution is 2.22. The van der Waals surface area contributed by atoms with Crippen molar-refractivity contribution in [2.24, 2.45) is 0 Å². The van der Waals surface area contributed by atoms with Gasteiger partial charge in [-0.3, -0.25) is 9.59 Å². The molecule has 0 bridgehead atoms. The lowest BCUT2D eigenvalue weighted by atomic mass is 10.1. The fraction of sp³-hybridized carbons (Fsp3) is 0.211. The van der Waals surface area contributed by atoms with Crippen LogP contribution in [0.4, 0.5) is 0 Å². The first-order chi connectivity index (χ1) is 12.8. The molecule has 0 fully saturated rings. The van der Waals surface area contributed by atoms with Gasteiger partial charge in [-0.2, -0.15) is 0 Å². The largest absolute Gasteiger partial charge is 0.480 e. The summed E-state index contributed by atoms with van der Waals surface area (Å²) in [6.07, 6.45) is 0.132. The number of carboxylic acids is 1. The summed E-state index contributed by atoms with van der Waals surface area (Å²) >= 11 is 6.72. The number of hydrogen-bond donors (Lipinski definition) is 2. The standard InChI is InChI=1S/C19H16Br2N2O4/c20-13-5-11(6-14(21)8-13)7-16(19(26)27)22-17(24)10-23-9-12-3-1-2-4-15(12)18(23)25/h1-6,8,16H,7,9-10H2,(H,22,24)(H,26,27). The molecule has 27 heavy (non-hydrogen) atoms. The molecule has 6 nitrogen and oxygen atoms in total. The number of rotatable bonds is 6. The Morgan fingerprint density at radius 2 is 1.81 bits per heavy atom. The van der Waals surface area contributed by atoms with E-state index in [1.54, 1.807) is 24.3 Å². The second-order valence-corrected chi connectivity index (χ2v) is 8.09. The molecule has 2 amide bonds. The van der Waals surface area contributed by atoms with Crippen LogP contribution in [0.25, 0.3) is 0 Å². The molecule has 0 saturated heterocycles. The van der Waals surface area contributed by atoms with Gasteiger partial charge < -0.3 is 15.3 Å². The first kappa shape index (κ1) is 19.6. The molecule has 2 aromatic rings. The molecule has 0 radical (unpaired) electrons. The van der Waals surface area contributed by atoms with E-state index in [4.69, 9.17) is 0 Å². The molecule has 0 aromatic heterocycles. The van der Waals surface area contributed by atoms with Crippen molar-refractivity contribution in [3.05, 3.63) is 68.1 Å². The Hall–Kier alpha value is -2.19. The highest BCUT2D eigenvalue weighted by atomic mass is 79.9. The van der Waals surface area contributed by atoms with Crippen LogP contribution in [-0.2, 0) is 22.6 Å². The lowest BCUT2D eigenvalue weighted by Crippen LogP contribution is -2.46. The van der Waals surface area contributed by atoms with Crippen LogP contribution in [0.2, 0.25) is 0 Å². The van der Waals surface area contributed by atoms with E-state index >= 15 is 0 Å². The van der Waals surface area contributed by atoms with E-state index in [1.807, 2.05) is 18.2 Å². The molecule has 1 aliphatic rings. The van der Waals surface area contributed by atoms with Crippen LogP contribution in [0.1, 0.15) is 21.5 Å². The fourth-order valence-corrected chi connectivity index (χ4v) is 4.41. The highest BCUT2D eigenvalue weighted by molar-refractivity contribution is 9.11. The van der Waals surface area contributed by atoms with E-state index in [1.165, 1.54) is 4.90 Å². The molecular formula is C19H16Br2N2O4. The number of nitrogens with one attached hydrogen (secondary N) is 1. The first-order valence-corrected chi connectivity index (χ1v) is 9.76. The molecule has 0 saturated carbocycles.